The van der Waals surface area contributed by atoms with Gasteiger partial charge in [0.15, 0.2) is 5.78 Å². The number of benzene rings is 1. The molecule has 6 nitrogen and oxygen atoms in total. The Morgan fingerprint density at radius 3 is 1.97 bits per heavy atom. The lowest BCUT2D eigenvalue weighted by molar-refractivity contribution is -0.162. The van der Waals surface area contributed by atoms with Gasteiger partial charge in [-0.25, -0.2) is 4.79 Å². The number of allylic oxidation sites excluding steroid dienone is 10. The number of hydrogen-bond donors (Lipinski definition) is 2. The summed E-state index contributed by atoms with van der Waals surface area (Å²) in [5.74, 6) is -1.89. The van der Waals surface area contributed by atoms with Gasteiger partial charge in [0.1, 0.15) is 11.3 Å². The number of unbranched alkanes of at least 4 members (excludes halogenated alkanes) is 2. The van der Waals surface area contributed by atoms with Gasteiger partial charge < -0.3 is 19.7 Å². The van der Waals surface area contributed by atoms with Gasteiger partial charge in [0.25, 0.3) is 0 Å². The number of phenols is 1. The highest BCUT2D eigenvalue weighted by Gasteiger charge is 2.20. The van der Waals surface area contributed by atoms with Crippen LogP contribution in [0.15, 0.2) is 79.0 Å². The molecule has 1 aromatic carbocycles. The van der Waals surface area contributed by atoms with Crippen LogP contribution in [0.1, 0.15) is 74.2 Å². The summed E-state index contributed by atoms with van der Waals surface area (Å²) in [5.41, 5.74) is 0.236. The molecule has 37 heavy (non-hydrogen) atoms. The Bertz CT molecular complexity index is 939. The first kappa shape index (κ1) is 31.8. The van der Waals surface area contributed by atoms with Crippen LogP contribution in [0.3, 0.4) is 0 Å². The van der Waals surface area contributed by atoms with Crippen LogP contribution in [0.5, 0.6) is 5.75 Å². The molecule has 0 aliphatic carbocycles. The lowest BCUT2D eigenvalue weighted by Crippen LogP contribution is -2.28. The first-order valence-corrected chi connectivity index (χ1v) is 13.0. The van der Waals surface area contributed by atoms with Gasteiger partial charge in [0, 0.05) is 13.5 Å². The van der Waals surface area contributed by atoms with Crippen LogP contribution in [-0.4, -0.2) is 42.0 Å². The lowest BCUT2D eigenvalue weighted by Gasteiger charge is -2.15. The fourth-order valence-electron chi connectivity index (χ4n) is 3.36. The average Bonchev–Trinajstić information content (AvgIpc) is 2.88. The van der Waals surface area contributed by atoms with Crippen LogP contribution in [0, 0.1) is 0 Å². The van der Waals surface area contributed by atoms with Crippen LogP contribution in [-0.2, 0) is 20.7 Å². The highest BCUT2D eigenvalue weighted by atomic mass is 16.7. The van der Waals surface area contributed by atoms with E-state index in [0.29, 0.717) is 12.2 Å². The summed E-state index contributed by atoms with van der Waals surface area (Å²) in [6.07, 6.45) is 28.3. The second-order valence-electron chi connectivity index (χ2n) is 8.44. The van der Waals surface area contributed by atoms with E-state index in [1.807, 2.05) is 0 Å². The molecular weight excluding hydrogens is 468 g/mol. The number of carbonyl (C=O) groups excluding carboxylic acids is 1. The first-order valence-electron chi connectivity index (χ1n) is 13.0. The highest BCUT2D eigenvalue weighted by Crippen LogP contribution is 2.19. The fraction of sp³-hybridized carbons (Fsp3) is 0.419. The van der Waals surface area contributed by atoms with Gasteiger partial charge >= 0.3 is 5.97 Å². The minimum Gasteiger partial charge on any atom is -0.507 e. The van der Waals surface area contributed by atoms with Crippen molar-refractivity contribution in [2.24, 2.45) is 0 Å². The van der Waals surface area contributed by atoms with Gasteiger partial charge in [-0.15, -0.1) is 0 Å². The average molecular weight is 511 g/mol. The lowest BCUT2D eigenvalue weighted by atomic mass is 10.0. The van der Waals surface area contributed by atoms with Gasteiger partial charge in [-0.1, -0.05) is 73.8 Å². The Morgan fingerprint density at radius 2 is 1.43 bits per heavy atom. The predicted octanol–water partition coefficient (Wildman–Crippen LogP) is 7.11. The van der Waals surface area contributed by atoms with Crippen molar-refractivity contribution >= 4 is 11.8 Å². The molecule has 0 aliphatic heterocycles. The minimum absolute atomic E-state index is 0.0426. The van der Waals surface area contributed by atoms with E-state index in [1.54, 1.807) is 0 Å². The maximum absolute atomic E-state index is 12.4. The van der Waals surface area contributed by atoms with Crippen LogP contribution < -0.4 is 0 Å². The maximum Gasteiger partial charge on any atom is 0.339 e. The van der Waals surface area contributed by atoms with Crippen molar-refractivity contribution in [3.05, 3.63) is 90.1 Å². The predicted molar refractivity (Wildman–Crippen MR) is 149 cm³/mol. The Morgan fingerprint density at radius 1 is 0.865 bits per heavy atom. The number of carboxylic acid groups (broad SMARTS) is 1. The van der Waals surface area contributed by atoms with E-state index in [4.69, 9.17) is 14.6 Å². The highest BCUT2D eigenvalue weighted by molar-refractivity contribution is 5.91. The standard InChI is InChI=1S/C31H42O6/c1-3-4-5-6-7-8-9-10-11-12-13-14-15-16-17-18-19-20-23-37-31(36-2)29(33)25-26-21-22-28(32)27(24-26)30(34)35/h4-5,7-8,10-11,13-14,16-17,21-22,24,31-32H,3,6,9,12,15,18-20,23,25H2,1-2H3,(H,34,35)/b5-4-,8-7-,11-10-,14-13-,17-16-. The summed E-state index contributed by atoms with van der Waals surface area (Å²) >= 11 is 0. The third-order valence-corrected chi connectivity index (χ3v) is 5.34. The molecule has 0 aromatic heterocycles. The zero-order valence-electron chi connectivity index (χ0n) is 22.2. The molecule has 0 radical (unpaired) electrons. The number of hydrogen-bond acceptors (Lipinski definition) is 5. The molecule has 6 heteroatoms. The molecule has 0 fully saturated rings. The van der Waals surface area contributed by atoms with E-state index < -0.39 is 12.3 Å². The number of rotatable bonds is 20. The summed E-state index contributed by atoms with van der Waals surface area (Å²) < 4.78 is 10.7. The summed E-state index contributed by atoms with van der Waals surface area (Å²) in [7, 11) is 1.40. The Kier molecular flexibility index (Phi) is 18.0. The SMILES string of the molecule is CC/C=C\C/C=C\C/C=C\C/C=C\C/C=C\CCCCOC(OC)C(=O)Cc1ccc(O)c(C(=O)O)c1. The van der Waals surface area contributed by atoms with Crippen molar-refractivity contribution < 1.29 is 29.3 Å². The Balaban J connectivity index is 2.15. The molecule has 1 atom stereocenters. The van der Waals surface area contributed by atoms with Crippen molar-refractivity contribution in [3.63, 3.8) is 0 Å². The summed E-state index contributed by atoms with van der Waals surface area (Å²) in [6, 6.07) is 4.06. The van der Waals surface area contributed by atoms with Gasteiger partial charge in [-0.05, 0) is 69.1 Å². The Hall–Kier alpha value is -3.22. The van der Waals surface area contributed by atoms with Crippen LogP contribution in [0.4, 0.5) is 0 Å². The van der Waals surface area contributed by atoms with E-state index in [-0.39, 0.29) is 23.5 Å². The second-order valence-corrected chi connectivity index (χ2v) is 8.44. The van der Waals surface area contributed by atoms with Gasteiger partial charge in [0.05, 0.1) is 6.61 Å². The van der Waals surface area contributed by atoms with Crippen molar-refractivity contribution in [2.45, 2.75) is 71.0 Å². The molecule has 1 unspecified atom stereocenters. The van der Waals surface area contributed by atoms with Gasteiger partial charge in [-0.3, -0.25) is 4.79 Å². The van der Waals surface area contributed by atoms with E-state index in [9.17, 15) is 14.7 Å². The molecule has 0 bridgehead atoms. The molecule has 0 aliphatic rings. The van der Waals surface area contributed by atoms with E-state index in [0.717, 1.165) is 51.4 Å². The van der Waals surface area contributed by atoms with E-state index in [1.165, 1.54) is 25.3 Å². The number of aromatic hydroxyl groups is 1. The third kappa shape index (κ3) is 15.5. The molecule has 2 N–H and O–H groups in total. The zero-order chi connectivity index (χ0) is 27.1. The van der Waals surface area contributed by atoms with Crippen LogP contribution in [0.25, 0.3) is 0 Å². The number of Topliss-reactive ketones (excluding diaryl/α,β-unsaturated/α-hetero) is 1. The van der Waals surface area contributed by atoms with E-state index in [2.05, 4.69) is 67.7 Å². The number of ether oxygens (including phenoxy) is 2. The van der Waals surface area contributed by atoms with Crippen molar-refractivity contribution in [2.75, 3.05) is 13.7 Å². The number of aromatic carboxylic acids is 1. The molecule has 1 aromatic rings. The van der Waals surface area contributed by atoms with Crippen molar-refractivity contribution in [1.29, 1.82) is 0 Å². The third-order valence-electron chi connectivity index (χ3n) is 5.34. The van der Waals surface area contributed by atoms with Crippen LogP contribution >= 0.6 is 0 Å². The van der Waals surface area contributed by atoms with Gasteiger partial charge in [0.2, 0.25) is 6.29 Å². The Labute approximate surface area is 221 Å². The largest absolute Gasteiger partial charge is 0.507 e. The number of ketones is 1. The summed E-state index contributed by atoms with van der Waals surface area (Å²) in [4.78, 5) is 23.6. The second kappa shape index (κ2) is 20.9. The molecule has 202 valence electrons. The molecule has 0 spiro atoms. The zero-order valence-corrected chi connectivity index (χ0v) is 22.2. The van der Waals surface area contributed by atoms with Crippen molar-refractivity contribution in [3.8, 4) is 5.75 Å². The smallest absolute Gasteiger partial charge is 0.339 e. The maximum atomic E-state index is 12.4. The molecular formula is C31H42O6. The molecule has 0 amide bonds. The van der Waals surface area contributed by atoms with Crippen LogP contribution in [0.2, 0.25) is 0 Å². The molecule has 0 saturated carbocycles. The minimum atomic E-state index is -1.25. The van der Waals surface area contributed by atoms with Crippen molar-refractivity contribution in [1.82, 2.24) is 0 Å². The number of methoxy groups -OCH3 is 1. The molecule has 0 heterocycles. The van der Waals surface area contributed by atoms with E-state index >= 15 is 0 Å². The topological polar surface area (TPSA) is 93.1 Å². The quantitative estimate of drug-likeness (QED) is 0.110. The summed E-state index contributed by atoms with van der Waals surface area (Å²) in [6.45, 7) is 2.53. The molecule has 0 saturated heterocycles. The monoisotopic (exact) mass is 510 g/mol. The molecule has 1 rings (SSSR count). The van der Waals surface area contributed by atoms with Gasteiger partial charge in [-0.2, -0.15) is 0 Å². The normalized spacial score (nSPS) is 13.1. The number of carbonyl (C=O) groups is 2. The number of carboxylic acids is 1. The fourth-order valence-corrected chi connectivity index (χ4v) is 3.36. The first-order chi connectivity index (χ1) is 18.0. The summed E-state index contributed by atoms with van der Waals surface area (Å²) in [5, 5.41) is 18.7.